The molecule has 0 aliphatic carbocycles. The van der Waals surface area contributed by atoms with Crippen molar-refractivity contribution in [3.05, 3.63) is 64.7 Å². The zero-order chi connectivity index (χ0) is 18.1. The van der Waals surface area contributed by atoms with Crippen molar-refractivity contribution < 1.29 is 4.79 Å². The number of nitrogens with two attached hydrogens (primary N) is 1. The number of hydrogen-bond donors (Lipinski definition) is 1. The van der Waals surface area contributed by atoms with Gasteiger partial charge in [0.15, 0.2) is 16.0 Å². The van der Waals surface area contributed by atoms with Gasteiger partial charge in [-0.1, -0.05) is 48.2 Å². The summed E-state index contributed by atoms with van der Waals surface area (Å²) in [4.78, 5) is 21.8. The lowest BCUT2D eigenvalue weighted by Gasteiger charge is -2.30. The topological polar surface area (TPSA) is 68.3 Å². The lowest BCUT2D eigenvalue weighted by molar-refractivity contribution is 0.0993. The van der Waals surface area contributed by atoms with E-state index in [1.807, 2.05) is 36.4 Å². The van der Waals surface area contributed by atoms with Crippen LogP contribution in [0.4, 0.5) is 0 Å². The fourth-order valence-electron chi connectivity index (χ4n) is 3.16. The number of carbonyl (C=O) groups is 1. The van der Waals surface area contributed by atoms with E-state index in [4.69, 9.17) is 5.73 Å². The second-order valence-electron chi connectivity index (χ2n) is 6.61. The van der Waals surface area contributed by atoms with Crippen LogP contribution in [0, 0.1) is 0 Å². The number of aliphatic imine (C=N–C) groups is 1. The highest BCUT2D eigenvalue weighted by Crippen LogP contribution is 2.35. The molecule has 0 saturated carbocycles. The Morgan fingerprint density at radius 2 is 2.04 bits per heavy atom. The Morgan fingerprint density at radius 1 is 1.22 bits per heavy atom. The highest BCUT2D eigenvalue weighted by molar-refractivity contribution is 8.13. The zero-order valence-electron chi connectivity index (χ0n) is 14.8. The highest BCUT2D eigenvalue weighted by atomic mass is 35.5. The molecule has 4 nitrogen and oxygen atoms in total. The van der Waals surface area contributed by atoms with Crippen LogP contribution in [0.25, 0.3) is 10.2 Å². The molecule has 7 heteroatoms. The lowest BCUT2D eigenvalue weighted by Crippen LogP contribution is -2.28. The van der Waals surface area contributed by atoms with Gasteiger partial charge in [0.25, 0.3) is 0 Å². The maximum atomic E-state index is 12.7. The van der Waals surface area contributed by atoms with Gasteiger partial charge in [0.2, 0.25) is 0 Å². The summed E-state index contributed by atoms with van der Waals surface area (Å²) in [5, 5.41) is 1.20. The molecule has 27 heavy (non-hydrogen) atoms. The highest BCUT2D eigenvalue weighted by Gasteiger charge is 2.29. The number of thioether (sulfide) groups is 1. The van der Waals surface area contributed by atoms with E-state index in [1.165, 1.54) is 11.3 Å². The van der Waals surface area contributed by atoms with Crippen molar-refractivity contribution >= 4 is 56.7 Å². The summed E-state index contributed by atoms with van der Waals surface area (Å²) in [6.45, 7) is 2.11. The number of benzene rings is 2. The van der Waals surface area contributed by atoms with Crippen molar-refractivity contribution in [1.29, 1.82) is 0 Å². The van der Waals surface area contributed by atoms with Gasteiger partial charge in [-0.25, -0.2) is 4.98 Å². The van der Waals surface area contributed by atoms with Crippen LogP contribution in [0.2, 0.25) is 0 Å². The lowest BCUT2D eigenvalue weighted by atomic mass is 9.88. The van der Waals surface area contributed by atoms with Gasteiger partial charge >= 0.3 is 0 Å². The number of rotatable bonds is 4. The zero-order valence-corrected chi connectivity index (χ0v) is 17.3. The van der Waals surface area contributed by atoms with Gasteiger partial charge in [-0.2, -0.15) is 0 Å². The summed E-state index contributed by atoms with van der Waals surface area (Å²) in [6.07, 6.45) is 1.28. The molecule has 0 saturated heterocycles. The number of amidine groups is 1. The minimum atomic E-state index is -0.315. The van der Waals surface area contributed by atoms with Crippen LogP contribution in [-0.4, -0.2) is 21.7 Å². The largest absolute Gasteiger partial charge is 0.379 e. The molecule has 0 spiro atoms. The van der Waals surface area contributed by atoms with Crippen molar-refractivity contribution in [3.8, 4) is 0 Å². The van der Waals surface area contributed by atoms with Crippen molar-refractivity contribution in [1.82, 2.24) is 4.98 Å². The standard InChI is InChI=1S/C20H19N3OS2.ClH/c1-20(9-10-25-19(21)23-20)14-6-4-5-13(11-14)12-16(24)18-22-15-7-2-3-8-17(15)26-18;/h2-8,11H,9-10,12H2,1H3,(H2,21,23);1H. The third-order valence-electron chi connectivity index (χ3n) is 4.64. The van der Waals surface area contributed by atoms with Crippen molar-refractivity contribution in [2.24, 2.45) is 10.7 Å². The SMILES string of the molecule is CC1(c2cccc(CC(=O)c3nc4ccccc4s3)c2)CCSC(N)=N1.Cl. The maximum Gasteiger partial charge on any atom is 0.195 e. The van der Waals surface area contributed by atoms with E-state index in [0.717, 1.165) is 33.5 Å². The van der Waals surface area contributed by atoms with E-state index in [2.05, 4.69) is 29.0 Å². The van der Waals surface area contributed by atoms with E-state index in [9.17, 15) is 4.79 Å². The summed E-state index contributed by atoms with van der Waals surface area (Å²) < 4.78 is 1.04. The van der Waals surface area contributed by atoms with Gasteiger partial charge in [-0.15, -0.1) is 23.7 Å². The quantitative estimate of drug-likeness (QED) is 0.618. The minimum absolute atomic E-state index is 0. The van der Waals surface area contributed by atoms with Crippen LogP contribution in [0.1, 0.15) is 34.3 Å². The third kappa shape index (κ3) is 4.18. The first kappa shape index (κ1) is 19.9. The summed E-state index contributed by atoms with van der Waals surface area (Å²) in [5.74, 6) is 1.01. The minimum Gasteiger partial charge on any atom is -0.379 e. The maximum absolute atomic E-state index is 12.7. The Hall–Kier alpha value is -1.89. The van der Waals surface area contributed by atoms with E-state index in [-0.39, 0.29) is 23.7 Å². The molecule has 1 aliphatic rings. The normalized spacial score (nSPS) is 19.4. The number of fused-ring (bicyclic) bond motifs is 1. The Bertz CT molecular complexity index is 984. The average molecular weight is 418 g/mol. The number of halogens is 1. The summed E-state index contributed by atoms with van der Waals surface area (Å²) in [7, 11) is 0. The number of nitrogens with zero attached hydrogens (tertiary/aromatic N) is 2. The number of carbonyl (C=O) groups excluding carboxylic acids is 1. The molecule has 1 aliphatic heterocycles. The number of thiazole rings is 1. The van der Waals surface area contributed by atoms with Crippen LogP contribution in [0.15, 0.2) is 53.5 Å². The van der Waals surface area contributed by atoms with Crippen molar-refractivity contribution in [2.45, 2.75) is 25.3 Å². The van der Waals surface area contributed by atoms with E-state index >= 15 is 0 Å². The number of aromatic nitrogens is 1. The summed E-state index contributed by atoms with van der Waals surface area (Å²) in [6, 6.07) is 16.0. The molecule has 2 N–H and O–H groups in total. The number of hydrogen-bond acceptors (Lipinski definition) is 6. The molecule has 1 aromatic heterocycles. The third-order valence-corrected chi connectivity index (χ3v) is 6.51. The average Bonchev–Trinajstić information content (AvgIpc) is 3.06. The molecular weight excluding hydrogens is 398 g/mol. The predicted molar refractivity (Wildman–Crippen MR) is 117 cm³/mol. The van der Waals surface area contributed by atoms with Gasteiger partial charge in [-0.05, 0) is 36.6 Å². The molecule has 1 atom stereocenters. The van der Waals surface area contributed by atoms with Gasteiger partial charge in [-0.3, -0.25) is 9.79 Å². The molecule has 0 radical (unpaired) electrons. The van der Waals surface area contributed by atoms with E-state index < -0.39 is 0 Å². The molecule has 2 aromatic carbocycles. The number of para-hydroxylation sites is 1. The molecule has 1 unspecified atom stereocenters. The Morgan fingerprint density at radius 3 is 2.81 bits per heavy atom. The smallest absolute Gasteiger partial charge is 0.195 e. The fourth-order valence-corrected chi connectivity index (χ4v) is 5.04. The molecule has 4 rings (SSSR count). The van der Waals surface area contributed by atoms with Gasteiger partial charge in [0.05, 0.1) is 15.8 Å². The van der Waals surface area contributed by atoms with Gasteiger partial charge in [0, 0.05) is 12.2 Å². The molecule has 0 fully saturated rings. The monoisotopic (exact) mass is 417 g/mol. The molecular formula is C20H20ClN3OS2. The van der Waals surface area contributed by atoms with Crippen LogP contribution in [-0.2, 0) is 12.0 Å². The van der Waals surface area contributed by atoms with E-state index in [1.54, 1.807) is 11.8 Å². The van der Waals surface area contributed by atoms with Gasteiger partial charge < -0.3 is 5.73 Å². The molecule has 2 heterocycles. The van der Waals surface area contributed by atoms with Crippen molar-refractivity contribution in [3.63, 3.8) is 0 Å². The Balaban J connectivity index is 0.00000210. The van der Waals surface area contributed by atoms with Crippen LogP contribution < -0.4 is 5.73 Å². The summed E-state index contributed by atoms with van der Waals surface area (Å²) >= 11 is 3.05. The van der Waals surface area contributed by atoms with E-state index in [0.29, 0.717) is 16.6 Å². The Labute approximate surface area is 172 Å². The van der Waals surface area contributed by atoms with Crippen LogP contribution >= 0.6 is 35.5 Å². The molecule has 0 bridgehead atoms. The van der Waals surface area contributed by atoms with Crippen LogP contribution in [0.5, 0.6) is 0 Å². The first-order chi connectivity index (χ1) is 12.5. The first-order valence-corrected chi connectivity index (χ1v) is 10.3. The molecule has 0 amide bonds. The Kier molecular flexibility index (Phi) is 5.89. The number of Topliss-reactive ketones (excluding diaryl/α,β-unsaturated/α-hetero) is 1. The molecule has 140 valence electrons. The van der Waals surface area contributed by atoms with Crippen LogP contribution in [0.3, 0.4) is 0 Å². The first-order valence-electron chi connectivity index (χ1n) is 8.50. The van der Waals surface area contributed by atoms with Gasteiger partial charge in [0.1, 0.15) is 0 Å². The summed E-state index contributed by atoms with van der Waals surface area (Å²) in [5.41, 5.74) is 8.59. The fraction of sp³-hybridized carbons (Fsp3) is 0.250. The predicted octanol–water partition coefficient (Wildman–Crippen LogP) is 4.81. The second-order valence-corrected chi connectivity index (χ2v) is 8.76. The number of ketones is 1. The molecule has 3 aromatic rings. The van der Waals surface area contributed by atoms with Crippen molar-refractivity contribution in [2.75, 3.05) is 5.75 Å². The second kappa shape index (κ2) is 8.00.